The van der Waals surface area contributed by atoms with E-state index < -0.39 is 5.97 Å². The Balaban J connectivity index is 2.54. The Kier molecular flexibility index (Phi) is 5.10. The molecule has 18 heavy (non-hydrogen) atoms. The van der Waals surface area contributed by atoms with Crippen LogP contribution >= 0.6 is 0 Å². The van der Waals surface area contributed by atoms with Crippen molar-refractivity contribution in [3.8, 4) is 5.88 Å². The van der Waals surface area contributed by atoms with E-state index in [1.807, 2.05) is 0 Å². The number of hydrogen-bond donors (Lipinski definition) is 1. The predicted octanol–water partition coefficient (Wildman–Crippen LogP) is 1.03. The normalized spacial score (nSPS) is 9.89. The van der Waals surface area contributed by atoms with Crippen LogP contribution in [0, 0.1) is 0 Å². The van der Waals surface area contributed by atoms with Crippen molar-refractivity contribution in [3.05, 3.63) is 23.9 Å². The van der Waals surface area contributed by atoms with E-state index in [4.69, 9.17) is 9.84 Å². The van der Waals surface area contributed by atoms with Crippen LogP contribution in [-0.2, 0) is 4.79 Å². The maximum Gasteiger partial charge on any atom is 0.303 e. The number of hydrogen-bond acceptors (Lipinski definition) is 4. The van der Waals surface area contributed by atoms with Crippen molar-refractivity contribution in [1.82, 2.24) is 9.88 Å². The number of carbonyl (C=O) groups excluding carboxylic acids is 1. The number of nitrogens with zero attached hydrogens (tertiary/aromatic N) is 2. The monoisotopic (exact) mass is 252 g/mol. The van der Waals surface area contributed by atoms with E-state index in [9.17, 15) is 9.59 Å². The first-order valence-electron chi connectivity index (χ1n) is 5.52. The third-order valence-corrected chi connectivity index (χ3v) is 2.42. The Hall–Kier alpha value is -2.11. The molecule has 0 aliphatic heterocycles. The zero-order chi connectivity index (χ0) is 13.5. The van der Waals surface area contributed by atoms with Crippen LogP contribution in [0.2, 0.25) is 0 Å². The molecule has 6 nitrogen and oxygen atoms in total. The second-order valence-corrected chi connectivity index (χ2v) is 3.81. The Bertz CT molecular complexity index is 417. The molecule has 0 radical (unpaired) electrons. The summed E-state index contributed by atoms with van der Waals surface area (Å²) in [5, 5.41) is 8.51. The number of amides is 1. The van der Waals surface area contributed by atoms with Crippen molar-refractivity contribution in [2.24, 2.45) is 0 Å². The first-order valence-corrected chi connectivity index (χ1v) is 5.52. The first-order chi connectivity index (χ1) is 8.54. The van der Waals surface area contributed by atoms with Crippen molar-refractivity contribution in [3.63, 3.8) is 0 Å². The molecule has 1 amide bonds. The number of carboxylic acid groups (broad SMARTS) is 1. The van der Waals surface area contributed by atoms with E-state index in [1.165, 1.54) is 18.2 Å². The third-order valence-electron chi connectivity index (χ3n) is 2.42. The van der Waals surface area contributed by atoms with Gasteiger partial charge in [-0.3, -0.25) is 9.59 Å². The molecule has 0 spiro atoms. The second kappa shape index (κ2) is 6.58. The van der Waals surface area contributed by atoms with Crippen molar-refractivity contribution in [2.75, 3.05) is 20.7 Å². The number of aromatic nitrogens is 1. The van der Waals surface area contributed by atoms with Gasteiger partial charge in [0.15, 0.2) is 0 Å². The molecule has 0 saturated heterocycles. The highest BCUT2D eigenvalue weighted by Gasteiger charge is 2.12. The molecule has 0 unspecified atom stereocenters. The van der Waals surface area contributed by atoms with Gasteiger partial charge < -0.3 is 14.7 Å². The van der Waals surface area contributed by atoms with Crippen molar-refractivity contribution >= 4 is 11.9 Å². The molecule has 0 aliphatic carbocycles. The van der Waals surface area contributed by atoms with E-state index in [0.717, 1.165) is 0 Å². The fourth-order valence-corrected chi connectivity index (χ4v) is 1.42. The molecule has 0 aromatic carbocycles. The van der Waals surface area contributed by atoms with Gasteiger partial charge in [0.25, 0.3) is 5.91 Å². The summed E-state index contributed by atoms with van der Waals surface area (Å²) in [4.78, 5) is 27.7. The molecule has 0 saturated carbocycles. The van der Waals surface area contributed by atoms with Crippen LogP contribution in [0.25, 0.3) is 0 Å². The molecule has 1 aromatic heterocycles. The van der Waals surface area contributed by atoms with Gasteiger partial charge in [-0.1, -0.05) is 0 Å². The molecular formula is C12H16N2O4. The number of rotatable bonds is 6. The van der Waals surface area contributed by atoms with Gasteiger partial charge in [0.05, 0.1) is 12.7 Å². The Morgan fingerprint density at radius 1 is 1.44 bits per heavy atom. The Morgan fingerprint density at radius 2 is 2.17 bits per heavy atom. The van der Waals surface area contributed by atoms with Gasteiger partial charge in [-0.2, -0.15) is 0 Å². The summed E-state index contributed by atoms with van der Waals surface area (Å²) in [6, 6.07) is 3.24. The van der Waals surface area contributed by atoms with Gasteiger partial charge >= 0.3 is 5.97 Å². The maximum absolute atomic E-state index is 11.9. The minimum absolute atomic E-state index is 0.0541. The van der Waals surface area contributed by atoms with Gasteiger partial charge in [-0.15, -0.1) is 0 Å². The molecule has 0 atom stereocenters. The van der Waals surface area contributed by atoms with E-state index in [0.29, 0.717) is 24.4 Å². The summed E-state index contributed by atoms with van der Waals surface area (Å²) in [5.74, 6) is -0.599. The number of pyridine rings is 1. The van der Waals surface area contributed by atoms with Crippen molar-refractivity contribution < 1.29 is 19.4 Å². The third kappa shape index (κ3) is 4.04. The van der Waals surface area contributed by atoms with E-state index in [2.05, 4.69) is 4.98 Å². The average molecular weight is 252 g/mol. The maximum atomic E-state index is 11.9. The minimum atomic E-state index is -0.859. The van der Waals surface area contributed by atoms with Crippen LogP contribution < -0.4 is 4.74 Å². The molecule has 0 aliphatic rings. The van der Waals surface area contributed by atoms with E-state index in [-0.39, 0.29) is 12.3 Å². The SMILES string of the molecule is COc1ccc(C(=O)N(C)CCCC(=O)O)cn1. The fourth-order valence-electron chi connectivity index (χ4n) is 1.42. The number of aliphatic carboxylic acids is 1. The van der Waals surface area contributed by atoms with Gasteiger partial charge in [0.1, 0.15) is 0 Å². The minimum Gasteiger partial charge on any atom is -0.481 e. The molecule has 98 valence electrons. The van der Waals surface area contributed by atoms with Crippen LogP contribution in [0.4, 0.5) is 0 Å². The van der Waals surface area contributed by atoms with Crippen molar-refractivity contribution in [2.45, 2.75) is 12.8 Å². The highest BCUT2D eigenvalue weighted by molar-refractivity contribution is 5.93. The zero-order valence-corrected chi connectivity index (χ0v) is 10.4. The van der Waals surface area contributed by atoms with Gasteiger partial charge in [0.2, 0.25) is 5.88 Å². The number of ether oxygens (including phenoxy) is 1. The van der Waals surface area contributed by atoms with Gasteiger partial charge in [-0.05, 0) is 12.5 Å². The summed E-state index contributed by atoms with van der Waals surface area (Å²) in [5.41, 5.74) is 0.452. The molecule has 0 fully saturated rings. The Morgan fingerprint density at radius 3 is 2.67 bits per heavy atom. The quantitative estimate of drug-likeness (QED) is 0.817. The van der Waals surface area contributed by atoms with Crippen LogP contribution in [0.5, 0.6) is 5.88 Å². The fraction of sp³-hybridized carbons (Fsp3) is 0.417. The molecule has 1 aromatic rings. The topological polar surface area (TPSA) is 79.7 Å². The number of methoxy groups -OCH3 is 1. The van der Waals surface area contributed by atoms with Crippen molar-refractivity contribution in [1.29, 1.82) is 0 Å². The average Bonchev–Trinajstić information content (AvgIpc) is 2.37. The second-order valence-electron chi connectivity index (χ2n) is 3.81. The lowest BCUT2D eigenvalue weighted by atomic mass is 10.2. The molecule has 1 rings (SSSR count). The van der Waals surface area contributed by atoms with Crippen LogP contribution in [0.1, 0.15) is 23.2 Å². The van der Waals surface area contributed by atoms with Gasteiger partial charge in [0, 0.05) is 32.3 Å². The van der Waals surface area contributed by atoms with Crippen LogP contribution in [-0.4, -0.2) is 47.6 Å². The molecule has 6 heteroatoms. The summed E-state index contributed by atoms with van der Waals surface area (Å²) in [7, 11) is 3.14. The molecular weight excluding hydrogens is 236 g/mol. The summed E-state index contributed by atoms with van der Waals surface area (Å²) in [6.07, 6.45) is 1.93. The van der Waals surface area contributed by atoms with Gasteiger partial charge in [-0.25, -0.2) is 4.98 Å². The molecule has 1 heterocycles. The first kappa shape index (κ1) is 14.0. The highest BCUT2D eigenvalue weighted by atomic mass is 16.5. The predicted molar refractivity (Wildman–Crippen MR) is 64.6 cm³/mol. The van der Waals surface area contributed by atoms with E-state index in [1.54, 1.807) is 19.2 Å². The smallest absolute Gasteiger partial charge is 0.303 e. The van der Waals surface area contributed by atoms with Crippen LogP contribution in [0.15, 0.2) is 18.3 Å². The lowest BCUT2D eigenvalue weighted by Crippen LogP contribution is -2.28. The largest absolute Gasteiger partial charge is 0.481 e. The lowest BCUT2D eigenvalue weighted by Gasteiger charge is -2.16. The lowest BCUT2D eigenvalue weighted by molar-refractivity contribution is -0.137. The Labute approximate surface area is 105 Å². The standard InChI is InChI=1S/C12H16N2O4/c1-14(7-3-4-11(15)16)12(17)9-5-6-10(18-2)13-8-9/h5-6,8H,3-4,7H2,1-2H3,(H,15,16). The number of carbonyl (C=O) groups is 2. The summed E-state index contributed by atoms with van der Waals surface area (Å²) in [6.45, 7) is 0.400. The number of carboxylic acids is 1. The highest BCUT2D eigenvalue weighted by Crippen LogP contribution is 2.09. The molecule has 0 bridgehead atoms. The zero-order valence-electron chi connectivity index (χ0n) is 10.4. The molecule has 1 N–H and O–H groups in total. The summed E-state index contributed by atoms with van der Waals surface area (Å²) >= 11 is 0. The van der Waals surface area contributed by atoms with Crippen LogP contribution in [0.3, 0.4) is 0 Å². The van der Waals surface area contributed by atoms with E-state index >= 15 is 0 Å². The summed E-state index contributed by atoms with van der Waals surface area (Å²) < 4.78 is 4.90.